The lowest BCUT2D eigenvalue weighted by Crippen LogP contribution is -2.14. The lowest BCUT2D eigenvalue weighted by Gasteiger charge is -2.09. The fourth-order valence-electron chi connectivity index (χ4n) is 2.88. The van der Waals surface area contributed by atoms with Gasteiger partial charge in [-0.2, -0.15) is 13.9 Å². The molecule has 1 amide bonds. The summed E-state index contributed by atoms with van der Waals surface area (Å²) in [7, 11) is 0. The molecular weight excluding hydrogens is 352 g/mol. The van der Waals surface area contributed by atoms with Crippen molar-refractivity contribution in [3.63, 3.8) is 0 Å². The number of rotatable bonds is 6. The minimum absolute atomic E-state index is 0.0176. The summed E-state index contributed by atoms with van der Waals surface area (Å²) in [6.45, 7) is 1.23. The van der Waals surface area contributed by atoms with Crippen LogP contribution in [-0.2, 0) is 6.54 Å². The Balaban J connectivity index is 1.79. The molecule has 0 bridgehead atoms. The number of hydrogen-bond donors (Lipinski definition) is 1. The fourth-order valence-corrected chi connectivity index (χ4v) is 2.88. The number of ether oxygens (including phenoxy) is 1. The van der Waals surface area contributed by atoms with Crippen molar-refractivity contribution in [3.8, 4) is 5.75 Å². The smallest absolute Gasteiger partial charge is 0.387 e. The second-order valence-corrected chi connectivity index (χ2v) is 6.05. The molecule has 0 spiro atoms. The zero-order chi connectivity index (χ0) is 19.4. The third-order valence-corrected chi connectivity index (χ3v) is 4.10. The van der Waals surface area contributed by atoms with Gasteiger partial charge >= 0.3 is 6.61 Å². The average molecular weight is 371 g/mol. The van der Waals surface area contributed by atoms with Crippen molar-refractivity contribution in [3.05, 3.63) is 77.1 Å². The topological polar surface area (TPSA) is 56.2 Å². The molecule has 1 heterocycles. The van der Waals surface area contributed by atoms with E-state index in [1.54, 1.807) is 17.7 Å². The van der Waals surface area contributed by atoms with Crippen molar-refractivity contribution in [1.29, 1.82) is 0 Å². The molecule has 0 unspecified atom stereocenters. The zero-order valence-electron chi connectivity index (χ0n) is 14.9. The predicted octanol–water partition coefficient (Wildman–Crippen LogP) is 4.40. The van der Waals surface area contributed by atoms with Crippen LogP contribution in [-0.4, -0.2) is 22.3 Å². The highest BCUT2D eigenvalue weighted by atomic mass is 19.3. The van der Waals surface area contributed by atoms with Crippen LogP contribution in [0.1, 0.15) is 27.3 Å². The van der Waals surface area contributed by atoms with Crippen molar-refractivity contribution in [1.82, 2.24) is 9.78 Å². The summed E-state index contributed by atoms with van der Waals surface area (Å²) in [5, 5.41) is 7.17. The van der Waals surface area contributed by atoms with E-state index in [2.05, 4.69) is 15.2 Å². The minimum atomic E-state index is -2.92. The molecule has 5 nitrogen and oxygen atoms in total. The normalized spacial score (nSPS) is 10.9. The minimum Gasteiger partial charge on any atom is -0.435 e. The van der Waals surface area contributed by atoms with Crippen LogP contribution in [0.3, 0.4) is 0 Å². The monoisotopic (exact) mass is 371 g/mol. The number of carbonyl (C=O) groups is 1. The van der Waals surface area contributed by atoms with Gasteiger partial charge in [-0.3, -0.25) is 9.48 Å². The average Bonchev–Trinajstić information content (AvgIpc) is 2.89. The molecule has 0 aliphatic heterocycles. The largest absolute Gasteiger partial charge is 0.435 e. The van der Waals surface area contributed by atoms with E-state index >= 15 is 0 Å². The number of halogens is 2. The van der Waals surface area contributed by atoms with Gasteiger partial charge in [0.2, 0.25) is 0 Å². The molecule has 7 heteroatoms. The molecule has 0 saturated carbocycles. The highest BCUT2D eigenvalue weighted by molar-refractivity contribution is 6.05. The quantitative estimate of drug-likeness (QED) is 0.699. The van der Waals surface area contributed by atoms with E-state index in [1.165, 1.54) is 18.2 Å². The molecule has 27 heavy (non-hydrogen) atoms. The summed E-state index contributed by atoms with van der Waals surface area (Å²) in [6.07, 6.45) is 0. The molecule has 0 aliphatic carbocycles. The fraction of sp³-hybridized carbons (Fsp3) is 0.200. The maximum absolute atomic E-state index is 12.7. The Kier molecular flexibility index (Phi) is 5.49. The van der Waals surface area contributed by atoms with E-state index in [0.29, 0.717) is 23.5 Å². The number of benzene rings is 2. The van der Waals surface area contributed by atoms with Crippen LogP contribution in [0.5, 0.6) is 5.75 Å². The van der Waals surface area contributed by atoms with Crippen molar-refractivity contribution >= 4 is 11.6 Å². The number of nitrogens with one attached hydrogen (secondary N) is 1. The summed E-state index contributed by atoms with van der Waals surface area (Å²) < 4.78 is 30.8. The molecule has 0 saturated heterocycles. The molecule has 2 aromatic carbocycles. The molecule has 1 N–H and O–H groups in total. The first-order valence-corrected chi connectivity index (χ1v) is 8.38. The van der Waals surface area contributed by atoms with Gasteiger partial charge < -0.3 is 10.1 Å². The van der Waals surface area contributed by atoms with E-state index < -0.39 is 6.61 Å². The molecule has 0 fully saturated rings. The summed E-state index contributed by atoms with van der Waals surface area (Å²) >= 11 is 0. The Morgan fingerprint density at radius 1 is 1.15 bits per heavy atom. The second-order valence-electron chi connectivity index (χ2n) is 6.05. The van der Waals surface area contributed by atoms with Gasteiger partial charge in [0.1, 0.15) is 5.75 Å². The standard InChI is InChI=1S/C20H19F2N3O2/c1-13-18(14(2)25(24-13)12-15-7-4-3-5-8-15)19(26)23-16-9-6-10-17(11-16)27-20(21)22/h3-11,20H,12H2,1-2H3,(H,23,26). The van der Waals surface area contributed by atoms with Crippen LogP contribution in [0.4, 0.5) is 14.5 Å². The highest BCUT2D eigenvalue weighted by Crippen LogP contribution is 2.21. The Labute approximate surface area is 155 Å². The molecule has 0 radical (unpaired) electrons. The SMILES string of the molecule is Cc1nn(Cc2ccccc2)c(C)c1C(=O)Nc1cccc(OC(F)F)c1. The third-order valence-electron chi connectivity index (χ3n) is 4.10. The number of aromatic nitrogens is 2. The van der Waals surface area contributed by atoms with Gasteiger partial charge in [-0.05, 0) is 31.5 Å². The molecule has 3 rings (SSSR count). The Morgan fingerprint density at radius 2 is 1.89 bits per heavy atom. The first kappa shape index (κ1) is 18.6. The molecular formula is C20H19F2N3O2. The Bertz CT molecular complexity index is 940. The second kappa shape index (κ2) is 7.99. The Morgan fingerprint density at radius 3 is 2.59 bits per heavy atom. The number of amides is 1. The summed E-state index contributed by atoms with van der Waals surface area (Å²) in [5.74, 6) is -0.366. The number of hydrogen-bond acceptors (Lipinski definition) is 3. The number of aryl methyl sites for hydroxylation is 1. The number of carbonyl (C=O) groups excluding carboxylic acids is 1. The molecule has 140 valence electrons. The van der Waals surface area contributed by atoms with Crippen LogP contribution in [0, 0.1) is 13.8 Å². The summed E-state index contributed by atoms with van der Waals surface area (Å²) in [6, 6.07) is 15.7. The van der Waals surface area contributed by atoms with Gasteiger partial charge in [-0.1, -0.05) is 36.4 Å². The summed E-state index contributed by atoms with van der Waals surface area (Å²) in [4.78, 5) is 12.7. The predicted molar refractivity (Wildman–Crippen MR) is 98.3 cm³/mol. The van der Waals surface area contributed by atoms with Crippen LogP contribution < -0.4 is 10.1 Å². The van der Waals surface area contributed by atoms with Gasteiger partial charge in [0.05, 0.1) is 17.8 Å². The first-order valence-electron chi connectivity index (χ1n) is 8.38. The van der Waals surface area contributed by atoms with Crippen LogP contribution >= 0.6 is 0 Å². The van der Waals surface area contributed by atoms with Crippen molar-refractivity contribution in [2.24, 2.45) is 0 Å². The van der Waals surface area contributed by atoms with Crippen LogP contribution in [0.25, 0.3) is 0 Å². The maximum Gasteiger partial charge on any atom is 0.387 e. The van der Waals surface area contributed by atoms with Crippen molar-refractivity contribution < 1.29 is 18.3 Å². The highest BCUT2D eigenvalue weighted by Gasteiger charge is 2.19. The lowest BCUT2D eigenvalue weighted by molar-refractivity contribution is -0.0497. The van der Waals surface area contributed by atoms with Crippen LogP contribution in [0.2, 0.25) is 0 Å². The van der Waals surface area contributed by atoms with Gasteiger partial charge in [0.15, 0.2) is 0 Å². The lowest BCUT2D eigenvalue weighted by atomic mass is 10.1. The molecule has 1 aromatic heterocycles. The van der Waals surface area contributed by atoms with E-state index in [4.69, 9.17) is 0 Å². The summed E-state index contributed by atoms with van der Waals surface area (Å²) in [5.41, 5.74) is 3.24. The van der Waals surface area contributed by atoms with Gasteiger partial charge in [0.25, 0.3) is 5.91 Å². The number of alkyl halides is 2. The van der Waals surface area contributed by atoms with E-state index in [-0.39, 0.29) is 11.7 Å². The van der Waals surface area contributed by atoms with E-state index in [0.717, 1.165) is 11.3 Å². The number of nitrogens with zero attached hydrogens (tertiary/aromatic N) is 2. The van der Waals surface area contributed by atoms with Gasteiger partial charge in [0, 0.05) is 17.4 Å². The van der Waals surface area contributed by atoms with Crippen molar-refractivity contribution in [2.75, 3.05) is 5.32 Å². The van der Waals surface area contributed by atoms with Crippen molar-refractivity contribution in [2.45, 2.75) is 27.0 Å². The van der Waals surface area contributed by atoms with Crippen LogP contribution in [0.15, 0.2) is 54.6 Å². The molecule has 0 aliphatic rings. The zero-order valence-corrected chi connectivity index (χ0v) is 14.9. The van der Waals surface area contributed by atoms with Gasteiger partial charge in [-0.15, -0.1) is 0 Å². The first-order chi connectivity index (χ1) is 12.9. The molecule has 0 atom stereocenters. The van der Waals surface area contributed by atoms with E-state index in [9.17, 15) is 13.6 Å². The third kappa shape index (κ3) is 4.49. The maximum atomic E-state index is 12.7. The Hall–Kier alpha value is -3.22. The van der Waals surface area contributed by atoms with Gasteiger partial charge in [-0.25, -0.2) is 0 Å². The number of anilines is 1. The van der Waals surface area contributed by atoms with E-state index in [1.807, 2.05) is 37.3 Å². The molecule has 3 aromatic rings.